The Morgan fingerprint density at radius 2 is 1.40 bits per heavy atom. The van der Waals surface area contributed by atoms with E-state index < -0.39 is 0 Å². The molecular formula is C19H39N. The highest BCUT2D eigenvalue weighted by molar-refractivity contribution is 4.80. The van der Waals surface area contributed by atoms with Crippen LogP contribution >= 0.6 is 0 Å². The van der Waals surface area contributed by atoms with E-state index in [1.165, 1.54) is 96.4 Å². The van der Waals surface area contributed by atoms with E-state index in [-0.39, 0.29) is 0 Å². The highest BCUT2D eigenvalue weighted by Crippen LogP contribution is 2.29. The number of hydrogen-bond acceptors (Lipinski definition) is 1. The zero-order chi connectivity index (χ0) is 14.5. The Morgan fingerprint density at radius 1 is 0.750 bits per heavy atom. The molecule has 0 heterocycles. The van der Waals surface area contributed by atoms with Crippen molar-refractivity contribution in [1.29, 1.82) is 0 Å². The molecule has 0 radical (unpaired) electrons. The third kappa shape index (κ3) is 8.29. The molecule has 1 rings (SSSR count). The fraction of sp³-hybridized carbons (Fsp3) is 1.00. The molecule has 2 unspecified atom stereocenters. The summed E-state index contributed by atoms with van der Waals surface area (Å²) in [5, 5.41) is 3.80. The van der Waals surface area contributed by atoms with Gasteiger partial charge in [0.2, 0.25) is 0 Å². The van der Waals surface area contributed by atoms with Crippen LogP contribution in [0.2, 0.25) is 0 Å². The predicted molar refractivity (Wildman–Crippen MR) is 91.3 cm³/mol. The summed E-state index contributed by atoms with van der Waals surface area (Å²) in [6, 6.07) is 0.841. The average Bonchev–Trinajstić information content (AvgIpc) is 2.49. The highest BCUT2D eigenvalue weighted by atomic mass is 14.9. The summed E-state index contributed by atoms with van der Waals surface area (Å²) < 4.78 is 0. The van der Waals surface area contributed by atoms with Gasteiger partial charge >= 0.3 is 0 Å². The van der Waals surface area contributed by atoms with Crippen molar-refractivity contribution < 1.29 is 0 Å². The van der Waals surface area contributed by atoms with Gasteiger partial charge in [0, 0.05) is 6.04 Å². The molecule has 2 atom stereocenters. The zero-order valence-corrected chi connectivity index (χ0v) is 14.3. The Hall–Kier alpha value is -0.0400. The fourth-order valence-electron chi connectivity index (χ4n) is 3.69. The van der Waals surface area contributed by atoms with Gasteiger partial charge in [0.05, 0.1) is 0 Å². The minimum Gasteiger partial charge on any atom is -0.314 e. The van der Waals surface area contributed by atoms with Crippen molar-refractivity contribution >= 4 is 0 Å². The fourth-order valence-corrected chi connectivity index (χ4v) is 3.69. The Labute approximate surface area is 128 Å². The van der Waals surface area contributed by atoms with Crippen LogP contribution in [0.1, 0.15) is 104 Å². The first kappa shape index (κ1) is 18.0. The van der Waals surface area contributed by atoms with Gasteiger partial charge in [-0.15, -0.1) is 0 Å². The second kappa shape index (κ2) is 12.7. The third-order valence-electron chi connectivity index (χ3n) is 4.99. The molecule has 0 spiro atoms. The van der Waals surface area contributed by atoms with E-state index in [0.717, 1.165) is 12.0 Å². The smallest absolute Gasteiger partial charge is 0.00953 e. The quantitative estimate of drug-likeness (QED) is 0.428. The molecule has 20 heavy (non-hydrogen) atoms. The van der Waals surface area contributed by atoms with Crippen molar-refractivity contribution in [3.05, 3.63) is 0 Å². The molecule has 120 valence electrons. The summed E-state index contributed by atoms with van der Waals surface area (Å²) in [5.74, 6) is 0.982. The van der Waals surface area contributed by atoms with E-state index in [1.54, 1.807) is 0 Å². The van der Waals surface area contributed by atoms with Crippen LogP contribution in [-0.4, -0.2) is 12.6 Å². The van der Waals surface area contributed by atoms with Crippen molar-refractivity contribution in [2.45, 2.75) is 110 Å². The minimum absolute atomic E-state index is 0.841. The Kier molecular flexibility index (Phi) is 11.4. The molecule has 0 aromatic heterocycles. The van der Waals surface area contributed by atoms with E-state index in [9.17, 15) is 0 Å². The van der Waals surface area contributed by atoms with Crippen molar-refractivity contribution in [2.75, 3.05) is 6.54 Å². The first-order chi connectivity index (χ1) is 9.88. The van der Waals surface area contributed by atoms with Crippen molar-refractivity contribution in [3.63, 3.8) is 0 Å². The lowest BCUT2D eigenvalue weighted by Crippen LogP contribution is -2.38. The topological polar surface area (TPSA) is 12.0 Å². The van der Waals surface area contributed by atoms with Gasteiger partial charge in [0.25, 0.3) is 0 Å². The van der Waals surface area contributed by atoms with E-state index >= 15 is 0 Å². The van der Waals surface area contributed by atoms with Crippen LogP contribution in [0.25, 0.3) is 0 Å². The zero-order valence-electron chi connectivity index (χ0n) is 14.3. The summed E-state index contributed by atoms with van der Waals surface area (Å²) in [4.78, 5) is 0. The van der Waals surface area contributed by atoms with Crippen molar-refractivity contribution in [1.82, 2.24) is 5.32 Å². The Morgan fingerprint density at radius 3 is 2.10 bits per heavy atom. The highest BCUT2D eigenvalue weighted by Gasteiger charge is 2.23. The van der Waals surface area contributed by atoms with Crippen molar-refractivity contribution in [2.24, 2.45) is 5.92 Å². The lowest BCUT2D eigenvalue weighted by atomic mass is 9.81. The molecule has 1 heteroatoms. The van der Waals surface area contributed by atoms with Crippen LogP contribution in [-0.2, 0) is 0 Å². The van der Waals surface area contributed by atoms with E-state index in [2.05, 4.69) is 19.2 Å². The molecule has 1 nitrogen and oxygen atoms in total. The summed E-state index contributed by atoms with van der Waals surface area (Å²) in [6.07, 6.45) is 20.2. The van der Waals surface area contributed by atoms with Gasteiger partial charge in [-0.3, -0.25) is 0 Å². The molecule has 1 saturated carbocycles. The monoisotopic (exact) mass is 281 g/mol. The summed E-state index contributed by atoms with van der Waals surface area (Å²) >= 11 is 0. The maximum absolute atomic E-state index is 3.80. The van der Waals surface area contributed by atoms with Gasteiger partial charge in [-0.2, -0.15) is 0 Å². The molecule has 0 saturated heterocycles. The molecule has 1 aliphatic carbocycles. The molecule has 0 aliphatic heterocycles. The molecule has 0 amide bonds. The largest absolute Gasteiger partial charge is 0.314 e. The van der Waals surface area contributed by atoms with Crippen LogP contribution in [0.15, 0.2) is 0 Å². The molecular weight excluding hydrogens is 242 g/mol. The molecule has 1 fully saturated rings. The molecule has 0 bridgehead atoms. The molecule has 0 aromatic carbocycles. The van der Waals surface area contributed by atoms with Crippen LogP contribution in [0, 0.1) is 5.92 Å². The normalized spacial score (nSPS) is 23.1. The molecule has 1 N–H and O–H groups in total. The van der Waals surface area contributed by atoms with E-state index in [1.807, 2.05) is 0 Å². The Bertz CT molecular complexity index is 202. The summed E-state index contributed by atoms with van der Waals surface area (Å²) in [6.45, 7) is 5.80. The average molecular weight is 282 g/mol. The Balaban J connectivity index is 2.00. The maximum atomic E-state index is 3.80. The van der Waals surface area contributed by atoms with Crippen molar-refractivity contribution in [3.8, 4) is 0 Å². The van der Waals surface area contributed by atoms with Gasteiger partial charge in [0.1, 0.15) is 0 Å². The van der Waals surface area contributed by atoms with E-state index in [4.69, 9.17) is 0 Å². The number of hydrogen-bond donors (Lipinski definition) is 1. The lowest BCUT2D eigenvalue weighted by Gasteiger charge is -2.32. The predicted octanol–water partition coefficient (Wildman–Crippen LogP) is 6.08. The van der Waals surface area contributed by atoms with Gasteiger partial charge < -0.3 is 5.32 Å². The minimum atomic E-state index is 0.841. The van der Waals surface area contributed by atoms with Crippen LogP contribution in [0.4, 0.5) is 0 Å². The molecule has 0 aromatic rings. The van der Waals surface area contributed by atoms with E-state index in [0.29, 0.717) is 0 Å². The second-order valence-electron chi connectivity index (χ2n) is 6.87. The van der Waals surface area contributed by atoms with Crippen LogP contribution in [0.5, 0.6) is 0 Å². The second-order valence-corrected chi connectivity index (χ2v) is 6.87. The van der Waals surface area contributed by atoms with Gasteiger partial charge in [0.15, 0.2) is 0 Å². The summed E-state index contributed by atoms with van der Waals surface area (Å²) in [5.41, 5.74) is 0. The van der Waals surface area contributed by atoms with Crippen LogP contribution in [0.3, 0.4) is 0 Å². The van der Waals surface area contributed by atoms with Gasteiger partial charge in [-0.25, -0.2) is 0 Å². The maximum Gasteiger partial charge on any atom is 0.00953 e. The summed E-state index contributed by atoms with van der Waals surface area (Å²) in [7, 11) is 0. The first-order valence-corrected chi connectivity index (χ1v) is 9.61. The third-order valence-corrected chi connectivity index (χ3v) is 4.99. The lowest BCUT2D eigenvalue weighted by molar-refractivity contribution is 0.244. The number of rotatable bonds is 12. The standard InChI is InChI=1S/C19H39N/c1-3-5-6-7-8-9-10-11-14-18-15-12-13-16-19(18)20-17-4-2/h18-20H,3-17H2,1-2H3. The van der Waals surface area contributed by atoms with Crippen LogP contribution < -0.4 is 5.32 Å². The molecule has 1 aliphatic rings. The number of nitrogens with one attached hydrogen (secondary N) is 1. The first-order valence-electron chi connectivity index (χ1n) is 9.61. The van der Waals surface area contributed by atoms with Gasteiger partial charge in [-0.1, -0.05) is 78.1 Å². The van der Waals surface area contributed by atoms with Gasteiger partial charge in [-0.05, 0) is 38.1 Å². The number of unbranched alkanes of at least 4 members (excludes halogenated alkanes) is 7. The SMILES string of the molecule is CCCCCCCCCCC1CCCCC1NCCC.